The Balaban J connectivity index is 1.77. The SMILES string of the molecule is COc1cccnc1NC(=O)c1sc2nc3n(c(=O)c2c1C)CCCCC3. The van der Waals surface area contributed by atoms with Gasteiger partial charge in [-0.25, -0.2) is 9.97 Å². The molecule has 3 aromatic heterocycles. The number of hydrogen-bond acceptors (Lipinski definition) is 6. The first-order chi connectivity index (χ1) is 13.1. The monoisotopic (exact) mass is 384 g/mol. The van der Waals surface area contributed by atoms with Gasteiger partial charge in [0.1, 0.15) is 10.7 Å². The van der Waals surface area contributed by atoms with Crippen molar-refractivity contribution in [3.05, 3.63) is 44.9 Å². The van der Waals surface area contributed by atoms with E-state index in [0.717, 1.165) is 31.5 Å². The van der Waals surface area contributed by atoms with Crippen molar-refractivity contribution in [3.63, 3.8) is 0 Å². The molecule has 3 aromatic rings. The zero-order valence-corrected chi connectivity index (χ0v) is 16.1. The molecule has 0 radical (unpaired) electrons. The lowest BCUT2D eigenvalue weighted by molar-refractivity contribution is 0.102. The van der Waals surface area contributed by atoms with E-state index >= 15 is 0 Å². The molecule has 7 nitrogen and oxygen atoms in total. The van der Waals surface area contributed by atoms with Crippen LogP contribution in [0.1, 0.15) is 40.3 Å². The predicted molar refractivity (Wildman–Crippen MR) is 105 cm³/mol. The van der Waals surface area contributed by atoms with Gasteiger partial charge in [0, 0.05) is 19.2 Å². The van der Waals surface area contributed by atoms with Crippen molar-refractivity contribution >= 4 is 33.3 Å². The van der Waals surface area contributed by atoms with Crippen LogP contribution >= 0.6 is 11.3 Å². The molecule has 4 rings (SSSR count). The van der Waals surface area contributed by atoms with Gasteiger partial charge in [-0.1, -0.05) is 6.42 Å². The van der Waals surface area contributed by atoms with Crippen molar-refractivity contribution in [2.45, 2.75) is 39.2 Å². The van der Waals surface area contributed by atoms with Crippen LogP contribution in [0.25, 0.3) is 10.2 Å². The minimum Gasteiger partial charge on any atom is -0.493 e. The second-order valence-electron chi connectivity index (χ2n) is 6.54. The van der Waals surface area contributed by atoms with Gasteiger partial charge in [0.2, 0.25) is 0 Å². The Labute approximate surface area is 160 Å². The molecule has 0 atom stereocenters. The first-order valence-corrected chi connectivity index (χ1v) is 9.75. The highest BCUT2D eigenvalue weighted by Gasteiger charge is 2.23. The van der Waals surface area contributed by atoms with Gasteiger partial charge >= 0.3 is 0 Å². The lowest BCUT2D eigenvalue weighted by atomic mass is 10.2. The topological polar surface area (TPSA) is 86.1 Å². The first kappa shape index (κ1) is 17.7. The van der Waals surface area contributed by atoms with E-state index < -0.39 is 0 Å². The van der Waals surface area contributed by atoms with Crippen LogP contribution in [-0.4, -0.2) is 27.6 Å². The van der Waals surface area contributed by atoms with Crippen LogP contribution in [0, 0.1) is 6.92 Å². The van der Waals surface area contributed by atoms with Gasteiger partial charge in [-0.15, -0.1) is 11.3 Å². The van der Waals surface area contributed by atoms with Gasteiger partial charge in [0.25, 0.3) is 11.5 Å². The van der Waals surface area contributed by atoms with E-state index in [-0.39, 0.29) is 11.5 Å². The van der Waals surface area contributed by atoms with Gasteiger partial charge in [0.05, 0.1) is 17.4 Å². The van der Waals surface area contributed by atoms with Crippen molar-refractivity contribution < 1.29 is 9.53 Å². The number of nitrogens with one attached hydrogen (secondary N) is 1. The molecule has 8 heteroatoms. The number of amides is 1. The van der Waals surface area contributed by atoms with Gasteiger partial charge < -0.3 is 10.1 Å². The van der Waals surface area contributed by atoms with Crippen molar-refractivity contribution in [2.75, 3.05) is 12.4 Å². The van der Waals surface area contributed by atoms with Crippen molar-refractivity contribution in [1.29, 1.82) is 0 Å². The minimum atomic E-state index is -0.313. The number of carbonyl (C=O) groups is 1. The van der Waals surface area contributed by atoms with Gasteiger partial charge in [-0.2, -0.15) is 0 Å². The summed E-state index contributed by atoms with van der Waals surface area (Å²) in [5, 5.41) is 3.32. The maximum absolute atomic E-state index is 13.0. The van der Waals surface area contributed by atoms with E-state index in [1.165, 1.54) is 18.4 Å². The number of fused-ring (bicyclic) bond motifs is 2. The predicted octanol–water partition coefficient (Wildman–Crippen LogP) is 3.15. The number of aromatic nitrogens is 3. The Hall–Kier alpha value is -2.74. The number of aryl methyl sites for hydroxylation is 2. The molecule has 1 aliphatic rings. The summed E-state index contributed by atoms with van der Waals surface area (Å²) in [6, 6.07) is 3.46. The number of methoxy groups -OCH3 is 1. The largest absolute Gasteiger partial charge is 0.493 e. The molecule has 1 N–H and O–H groups in total. The van der Waals surface area contributed by atoms with Crippen LogP contribution in [0.15, 0.2) is 23.1 Å². The standard InChI is InChI=1S/C19H20N4O3S/c1-11-14-18(21-13-8-4-3-5-10-23(13)19(14)25)27-15(11)17(24)22-16-12(26-2)7-6-9-20-16/h6-7,9H,3-5,8,10H2,1-2H3,(H,20,22,24). The number of anilines is 1. The summed E-state index contributed by atoms with van der Waals surface area (Å²) in [5.74, 6) is 1.34. The molecule has 0 saturated heterocycles. The zero-order chi connectivity index (χ0) is 19.0. The van der Waals surface area contributed by atoms with Crippen LogP contribution in [0.4, 0.5) is 5.82 Å². The lowest BCUT2D eigenvalue weighted by Crippen LogP contribution is -2.24. The third kappa shape index (κ3) is 3.10. The van der Waals surface area contributed by atoms with Crippen LogP contribution < -0.4 is 15.6 Å². The molecule has 0 fully saturated rings. The number of hydrogen-bond donors (Lipinski definition) is 1. The third-order valence-electron chi connectivity index (χ3n) is 4.84. The average Bonchev–Trinajstić information content (AvgIpc) is 2.84. The second-order valence-corrected chi connectivity index (χ2v) is 7.54. The molecule has 140 valence electrons. The van der Waals surface area contributed by atoms with E-state index in [0.29, 0.717) is 38.8 Å². The second kappa shape index (κ2) is 7.11. The van der Waals surface area contributed by atoms with Crippen LogP contribution in [0.2, 0.25) is 0 Å². The fourth-order valence-electron chi connectivity index (χ4n) is 3.44. The van der Waals surface area contributed by atoms with Crippen LogP contribution in [-0.2, 0) is 13.0 Å². The fraction of sp³-hybridized carbons (Fsp3) is 0.368. The normalized spacial score (nSPS) is 13.9. The molecule has 1 amide bonds. The molecule has 4 heterocycles. The summed E-state index contributed by atoms with van der Waals surface area (Å²) in [5.41, 5.74) is 0.625. The molecule has 0 bridgehead atoms. The van der Waals surface area contributed by atoms with Crippen molar-refractivity contribution in [1.82, 2.24) is 14.5 Å². The third-order valence-corrected chi connectivity index (χ3v) is 6.02. The maximum Gasteiger partial charge on any atom is 0.267 e. The molecule has 27 heavy (non-hydrogen) atoms. The summed E-state index contributed by atoms with van der Waals surface area (Å²) in [4.78, 5) is 35.8. The summed E-state index contributed by atoms with van der Waals surface area (Å²) < 4.78 is 7.01. The van der Waals surface area contributed by atoms with Crippen LogP contribution in [0.5, 0.6) is 5.75 Å². The number of carbonyl (C=O) groups excluding carboxylic acids is 1. The molecular weight excluding hydrogens is 364 g/mol. The van der Waals surface area contributed by atoms with E-state index in [9.17, 15) is 9.59 Å². The molecule has 1 aliphatic heterocycles. The van der Waals surface area contributed by atoms with Crippen molar-refractivity contribution in [2.24, 2.45) is 0 Å². The van der Waals surface area contributed by atoms with E-state index in [4.69, 9.17) is 9.72 Å². The van der Waals surface area contributed by atoms with Gasteiger partial charge in [-0.3, -0.25) is 14.2 Å². The highest BCUT2D eigenvalue weighted by molar-refractivity contribution is 7.20. The van der Waals surface area contributed by atoms with E-state index in [2.05, 4.69) is 10.3 Å². The Morgan fingerprint density at radius 3 is 3.00 bits per heavy atom. The van der Waals surface area contributed by atoms with Crippen molar-refractivity contribution in [3.8, 4) is 5.75 Å². The van der Waals surface area contributed by atoms with E-state index in [1.807, 2.05) is 0 Å². The number of nitrogens with zero attached hydrogens (tertiary/aromatic N) is 3. The molecular formula is C19H20N4O3S. The quantitative estimate of drug-likeness (QED) is 0.750. The molecule has 0 unspecified atom stereocenters. The lowest BCUT2D eigenvalue weighted by Gasteiger charge is -2.08. The minimum absolute atomic E-state index is 0.0416. The van der Waals surface area contributed by atoms with E-state index in [1.54, 1.807) is 29.8 Å². The Kier molecular flexibility index (Phi) is 4.65. The number of thiophene rings is 1. The average molecular weight is 384 g/mol. The number of pyridine rings is 1. The maximum atomic E-state index is 13.0. The fourth-order valence-corrected chi connectivity index (χ4v) is 4.53. The Morgan fingerprint density at radius 1 is 1.33 bits per heavy atom. The smallest absolute Gasteiger partial charge is 0.267 e. The summed E-state index contributed by atoms with van der Waals surface area (Å²) >= 11 is 1.25. The molecule has 0 spiro atoms. The summed E-state index contributed by atoms with van der Waals surface area (Å²) in [6.07, 6.45) is 5.51. The molecule has 0 saturated carbocycles. The number of ether oxygens (including phenoxy) is 1. The number of rotatable bonds is 3. The van der Waals surface area contributed by atoms with Gasteiger partial charge in [-0.05, 0) is 37.5 Å². The highest BCUT2D eigenvalue weighted by atomic mass is 32.1. The highest BCUT2D eigenvalue weighted by Crippen LogP contribution is 2.30. The Morgan fingerprint density at radius 2 is 2.19 bits per heavy atom. The molecule has 0 aliphatic carbocycles. The first-order valence-electron chi connectivity index (χ1n) is 8.93. The van der Waals surface area contributed by atoms with Crippen LogP contribution in [0.3, 0.4) is 0 Å². The summed E-state index contributed by atoms with van der Waals surface area (Å²) in [7, 11) is 1.52. The zero-order valence-electron chi connectivity index (χ0n) is 15.2. The Bertz CT molecular complexity index is 1090. The summed E-state index contributed by atoms with van der Waals surface area (Å²) in [6.45, 7) is 2.50. The van der Waals surface area contributed by atoms with Gasteiger partial charge in [0.15, 0.2) is 11.6 Å². The molecule has 0 aromatic carbocycles.